The van der Waals surface area contributed by atoms with E-state index in [1.807, 2.05) is 0 Å². The summed E-state index contributed by atoms with van der Waals surface area (Å²) in [5.41, 5.74) is 0. The monoisotopic (exact) mass is 426 g/mol. The second-order valence-electron chi connectivity index (χ2n) is 5.51. The summed E-state index contributed by atoms with van der Waals surface area (Å²) in [5, 5.41) is 80.6. The third kappa shape index (κ3) is 7.37. The van der Waals surface area contributed by atoms with Crippen molar-refractivity contribution in [2.24, 2.45) is 0 Å². The van der Waals surface area contributed by atoms with E-state index in [-0.39, 0.29) is 22.3 Å². The van der Waals surface area contributed by atoms with Gasteiger partial charge in [0.1, 0.15) is 48.8 Å². The maximum Gasteiger partial charge on any atom is 0.225 e. The highest BCUT2D eigenvalue weighted by molar-refractivity contribution is 4.89. The van der Waals surface area contributed by atoms with Crippen LogP contribution >= 0.6 is 0 Å². The largest absolute Gasteiger partial charge is 0.394 e. The molecule has 13 heteroatoms. The number of hydrogen-bond acceptors (Lipinski definition) is 12. The van der Waals surface area contributed by atoms with Crippen LogP contribution in [0.25, 0.3) is 0 Å². The summed E-state index contributed by atoms with van der Waals surface area (Å²) in [6.45, 7) is -1.13. The summed E-state index contributed by atoms with van der Waals surface area (Å²) in [6.07, 6.45) is -14.6. The molecule has 0 spiro atoms. The van der Waals surface area contributed by atoms with Gasteiger partial charge in [0.05, 0.1) is 13.2 Å². The van der Waals surface area contributed by atoms with Crippen LogP contribution in [0.5, 0.6) is 0 Å². The van der Waals surface area contributed by atoms with E-state index in [4.69, 9.17) is 46.0 Å². The van der Waals surface area contributed by atoms with E-state index in [0.717, 1.165) is 0 Å². The number of ether oxygens (including phenoxy) is 2. The molecule has 2 saturated heterocycles. The lowest BCUT2D eigenvalue weighted by atomic mass is 9.99. The van der Waals surface area contributed by atoms with Crippen molar-refractivity contribution in [1.29, 1.82) is 0 Å². The Hall–Kier alpha value is -0.550. The summed E-state index contributed by atoms with van der Waals surface area (Å²) >= 11 is 0. The van der Waals surface area contributed by atoms with Crippen LogP contribution in [0.3, 0.4) is 0 Å². The minimum absolute atomic E-state index is 0. The van der Waals surface area contributed by atoms with Gasteiger partial charge in [-0.05, 0) is 4.53 Å². The standard InChI is InChI=1S/C6H11FO6.C6H12O6.3CH4/c7-13-6-5(11)4(10)3(9)2(1-8)12-6;7-1-2-3(8)4(9)5(10)6(11)12-2;;;/h2-6,8-11H,1H2;2-11H,1H2;3*1H4. The molecule has 0 aliphatic carbocycles. The van der Waals surface area contributed by atoms with E-state index in [9.17, 15) is 4.53 Å². The molecule has 2 aliphatic heterocycles. The third-order valence-electron chi connectivity index (χ3n) is 3.80. The Kier molecular flexibility index (Phi) is 16.6. The molecule has 2 heterocycles. The molecule has 0 aromatic carbocycles. The molecule has 0 amide bonds. The van der Waals surface area contributed by atoms with Crippen molar-refractivity contribution in [3.8, 4) is 0 Å². The molecular weight excluding hydrogens is 391 g/mol. The van der Waals surface area contributed by atoms with Crippen LogP contribution in [-0.2, 0) is 14.4 Å². The molecule has 0 radical (unpaired) electrons. The summed E-state index contributed by atoms with van der Waals surface area (Å²) in [5.74, 6) is 0. The quantitative estimate of drug-likeness (QED) is 0.214. The van der Waals surface area contributed by atoms with Gasteiger partial charge >= 0.3 is 0 Å². The van der Waals surface area contributed by atoms with E-state index in [1.54, 1.807) is 0 Å². The fraction of sp³-hybridized carbons (Fsp3) is 1.00. The first-order chi connectivity index (χ1) is 11.7. The van der Waals surface area contributed by atoms with Crippen molar-refractivity contribution in [2.45, 2.75) is 83.7 Å². The number of aliphatic hydroxyl groups excluding tert-OH is 9. The molecule has 9 N–H and O–H groups in total. The Morgan fingerprint density at radius 2 is 1.00 bits per heavy atom. The van der Waals surface area contributed by atoms with Crippen molar-refractivity contribution in [2.75, 3.05) is 13.2 Å². The third-order valence-corrected chi connectivity index (χ3v) is 3.80. The first-order valence-corrected chi connectivity index (χ1v) is 7.26. The molecule has 174 valence electrons. The molecule has 2 rings (SSSR count). The fourth-order valence-electron chi connectivity index (χ4n) is 2.22. The number of rotatable bonds is 3. The van der Waals surface area contributed by atoms with Gasteiger partial charge in [0.25, 0.3) is 0 Å². The molecule has 0 aromatic rings. The van der Waals surface area contributed by atoms with Gasteiger partial charge in [0.2, 0.25) is 6.29 Å². The average molecular weight is 426 g/mol. The van der Waals surface area contributed by atoms with E-state index in [2.05, 4.69) is 14.4 Å². The van der Waals surface area contributed by atoms with Gasteiger partial charge in [-0.25, -0.2) is 0 Å². The first kappa shape index (κ1) is 32.1. The molecule has 0 saturated carbocycles. The van der Waals surface area contributed by atoms with E-state index in [0.29, 0.717) is 0 Å². The Labute approximate surface area is 162 Å². The predicted molar refractivity (Wildman–Crippen MR) is 92.1 cm³/mol. The van der Waals surface area contributed by atoms with Crippen LogP contribution in [0.2, 0.25) is 0 Å². The van der Waals surface area contributed by atoms with Gasteiger partial charge in [-0.15, -0.1) is 0 Å². The number of halogens is 1. The number of hydrogen-bond donors (Lipinski definition) is 9. The minimum atomic E-state index is -1.68. The Bertz CT molecular complexity index is 367. The number of aliphatic hydroxyl groups is 9. The minimum Gasteiger partial charge on any atom is -0.394 e. The van der Waals surface area contributed by atoms with Crippen molar-refractivity contribution >= 4 is 0 Å². The van der Waals surface area contributed by atoms with Crippen LogP contribution in [0.1, 0.15) is 22.3 Å². The maximum absolute atomic E-state index is 11.7. The smallest absolute Gasteiger partial charge is 0.225 e. The second kappa shape index (κ2) is 14.4. The van der Waals surface area contributed by atoms with Crippen LogP contribution in [0, 0.1) is 0 Å². The van der Waals surface area contributed by atoms with Gasteiger partial charge < -0.3 is 55.4 Å². The van der Waals surface area contributed by atoms with Crippen LogP contribution in [-0.4, -0.2) is 121 Å². The normalized spacial score (nSPS) is 42.6. The Morgan fingerprint density at radius 1 is 0.607 bits per heavy atom. The zero-order valence-electron chi connectivity index (χ0n) is 12.8. The topological polar surface area (TPSA) is 210 Å². The highest BCUT2D eigenvalue weighted by Gasteiger charge is 2.44. The van der Waals surface area contributed by atoms with E-state index >= 15 is 0 Å². The lowest BCUT2D eigenvalue weighted by Crippen LogP contribution is -2.58. The second-order valence-corrected chi connectivity index (χ2v) is 5.51. The van der Waals surface area contributed by atoms with Gasteiger partial charge in [-0.2, -0.15) is 4.94 Å². The average Bonchev–Trinajstić information content (AvgIpc) is 2.62. The molecule has 12 nitrogen and oxygen atoms in total. The van der Waals surface area contributed by atoms with Gasteiger partial charge in [0, 0.05) is 0 Å². The Morgan fingerprint density at radius 3 is 1.39 bits per heavy atom. The van der Waals surface area contributed by atoms with Crippen molar-refractivity contribution in [1.82, 2.24) is 0 Å². The summed E-state index contributed by atoms with van der Waals surface area (Å²) in [4.78, 5) is 3.20. The zero-order chi connectivity index (χ0) is 19.3. The van der Waals surface area contributed by atoms with Crippen LogP contribution in [0.4, 0.5) is 4.53 Å². The summed E-state index contributed by atoms with van der Waals surface area (Å²) < 4.78 is 20.8. The highest BCUT2D eigenvalue weighted by atomic mass is 19.3. The molecule has 0 aromatic heterocycles. The predicted octanol–water partition coefficient (Wildman–Crippen LogP) is -3.63. The maximum atomic E-state index is 11.7. The van der Waals surface area contributed by atoms with Gasteiger partial charge in [-0.3, -0.25) is 0 Å². The van der Waals surface area contributed by atoms with E-state index < -0.39 is 74.6 Å². The van der Waals surface area contributed by atoms with Crippen molar-refractivity contribution in [3.05, 3.63) is 0 Å². The first-order valence-electron chi connectivity index (χ1n) is 7.26. The molecule has 2 aliphatic rings. The van der Waals surface area contributed by atoms with Crippen LogP contribution in [0.15, 0.2) is 0 Å². The SMILES string of the molecule is C.C.C.OCC1OC(O)C(O)C(O)C1O.OCC1OC(OF)C(O)C(O)C1O. The lowest BCUT2D eigenvalue weighted by Gasteiger charge is -2.37. The molecule has 28 heavy (non-hydrogen) atoms. The summed E-state index contributed by atoms with van der Waals surface area (Å²) in [6, 6.07) is 0. The van der Waals surface area contributed by atoms with Crippen molar-refractivity contribution < 1.29 is 64.9 Å². The zero-order valence-corrected chi connectivity index (χ0v) is 12.8. The molecule has 10 atom stereocenters. The lowest BCUT2D eigenvalue weighted by molar-refractivity contribution is -0.361. The molecular formula is C15H35FO12. The van der Waals surface area contributed by atoms with E-state index in [1.165, 1.54) is 0 Å². The van der Waals surface area contributed by atoms with Gasteiger partial charge in [-0.1, -0.05) is 22.3 Å². The van der Waals surface area contributed by atoms with Gasteiger partial charge in [0.15, 0.2) is 6.29 Å². The van der Waals surface area contributed by atoms with Crippen molar-refractivity contribution in [3.63, 3.8) is 0 Å². The molecule has 0 bridgehead atoms. The molecule has 10 unspecified atom stereocenters. The summed E-state index contributed by atoms with van der Waals surface area (Å²) in [7, 11) is 0. The molecule has 2 fully saturated rings. The Balaban J connectivity index is -0.000000404. The van der Waals surface area contributed by atoms with Crippen LogP contribution < -0.4 is 0 Å². The fourth-order valence-corrected chi connectivity index (χ4v) is 2.22. The highest BCUT2D eigenvalue weighted by Crippen LogP contribution is 2.22.